The summed E-state index contributed by atoms with van der Waals surface area (Å²) < 4.78 is 5.52. The molecular formula is C12H19N3O2. The fraction of sp³-hybridized carbons (Fsp3) is 0.500. The van der Waals surface area contributed by atoms with Crippen molar-refractivity contribution in [2.24, 2.45) is 10.9 Å². The van der Waals surface area contributed by atoms with Gasteiger partial charge in [-0.15, -0.1) is 0 Å². The Hall–Kier alpha value is -1.62. The normalized spacial score (nSPS) is 11.7. The van der Waals surface area contributed by atoms with Crippen LogP contribution in [-0.2, 0) is 11.3 Å². The summed E-state index contributed by atoms with van der Waals surface area (Å²) in [5.41, 5.74) is 6.84. The van der Waals surface area contributed by atoms with Crippen LogP contribution >= 0.6 is 0 Å². The molecule has 0 spiro atoms. The monoisotopic (exact) mass is 237 g/mol. The lowest BCUT2D eigenvalue weighted by Crippen LogP contribution is -2.17. The Labute approximate surface area is 101 Å². The molecule has 1 heterocycles. The van der Waals surface area contributed by atoms with Gasteiger partial charge >= 0.3 is 0 Å². The van der Waals surface area contributed by atoms with Crippen molar-refractivity contribution >= 4 is 5.84 Å². The maximum atomic E-state index is 8.64. The highest BCUT2D eigenvalue weighted by molar-refractivity contribution is 5.96. The van der Waals surface area contributed by atoms with Gasteiger partial charge in [0.1, 0.15) is 5.69 Å². The Kier molecular flexibility index (Phi) is 6.03. The third kappa shape index (κ3) is 4.40. The van der Waals surface area contributed by atoms with E-state index in [1.807, 2.05) is 6.07 Å². The van der Waals surface area contributed by atoms with Crippen LogP contribution in [0.4, 0.5) is 0 Å². The van der Waals surface area contributed by atoms with E-state index in [9.17, 15) is 0 Å². The van der Waals surface area contributed by atoms with Gasteiger partial charge in [-0.2, -0.15) is 0 Å². The van der Waals surface area contributed by atoms with Crippen LogP contribution in [0, 0.1) is 0 Å². The van der Waals surface area contributed by atoms with Gasteiger partial charge in [0.25, 0.3) is 0 Å². The molecule has 0 aliphatic carbocycles. The van der Waals surface area contributed by atoms with Crippen molar-refractivity contribution < 1.29 is 9.94 Å². The summed E-state index contributed by atoms with van der Waals surface area (Å²) in [6.45, 7) is 3.30. The summed E-state index contributed by atoms with van der Waals surface area (Å²) in [5.74, 6) is 0.0118. The van der Waals surface area contributed by atoms with Crippen LogP contribution in [-0.4, -0.2) is 22.6 Å². The minimum Gasteiger partial charge on any atom is -0.409 e. The third-order valence-corrected chi connectivity index (χ3v) is 2.39. The molecule has 0 radical (unpaired) electrons. The Morgan fingerprint density at radius 3 is 3.06 bits per heavy atom. The molecule has 1 aromatic heterocycles. The lowest BCUT2D eigenvalue weighted by atomic mass is 10.2. The van der Waals surface area contributed by atoms with Crippen molar-refractivity contribution in [3.05, 3.63) is 29.6 Å². The minimum absolute atomic E-state index is 0.0118. The van der Waals surface area contributed by atoms with Gasteiger partial charge in [0.15, 0.2) is 5.84 Å². The fourth-order valence-electron chi connectivity index (χ4n) is 1.47. The number of amidine groups is 1. The van der Waals surface area contributed by atoms with Gasteiger partial charge in [0.05, 0.1) is 6.61 Å². The van der Waals surface area contributed by atoms with E-state index in [0.717, 1.165) is 18.6 Å². The topological polar surface area (TPSA) is 80.7 Å². The van der Waals surface area contributed by atoms with Gasteiger partial charge in [-0.05, 0) is 12.5 Å². The SMILES string of the molecule is CCCCCOCc1cccnc1C(N)=NO. The molecule has 17 heavy (non-hydrogen) atoms. The molecule has 0 atom stereocenters. The van der Waals surface area contributed by atoms with E-state index in [1.54, 1.807) is 12.3 Å². The highest BCUT2D eigenvalue weighted by Crippen LogP contribution is 2.07. The average molecular weight is 237 g/mol. The zero-order chi connectivity index (χ0) is 12.5. The Bertz CT molecular complexity index is 367. The number of hydrogen-bond acceptors (Lipinski definition) is 4. The first-order valence-electron chi connectivity index (χ1n) is 5.79. The molecule has 0 aliphatic rings. The number of aromatic nitrogens is 1. The smallest absolute Gasteiger partial charge is 0.189 e. The molecule has 0 fully saturated rings. The fourth-order valence-corrected chi connectivity index (χ4v) is 1.47. The standard InChI is InChI=1S/C12H19N3O2/c1-2-3-4-8-17-9-10-6-5-7-14-11(10)12(13)15-16/h5-7,16H,2-4,8-9H2,1H3,(H2,13,15). The molecule has 3 N–H and O–H groups in total. The van der Waals surface area contributed by atoms with Crippen molar-refractivity contribution in [3.63, 3.8) is 0 Å². The molecule has 5 heteroatoms. The lowest BCUT2D eigenvalue weighted by molar-refractivity contribution is 0.116. The summed E-state index contributed by atoms with van der Waals surface area (Å²) in [5, 5.41) is 11.6. The molecule has 1 aromatic rings. The molecule has 0 aromatic carbocycles. The summed E-state index contributed by atoms with van der Waals surface area (Å²) in [4.78, 5) is 4.07. The second kappa shape index (κ2) is 7.62. The number of pyridine rings is 1. The number of nitrogens with zero attached hydrogens (tertiary/aromatic N) is 2. The third-order valence-electron chi connectivity index (χ3n) is 2.39. The lowest BCUT2D eigenvalue weighted by Gasteiger charge is -2.07. The molecule has 0 amide bonds. The highest BCUT2D eigenvalue weighted by Gasteiger charge is 2.07. The predicted molar refractivity (Wildman–Crippen MR) is 65.9 cm³/mol. The zero-order valence-electron chi connectivity index (χ0n) is 10.1. The zero-order valence-corrected chi connectivity index (χ0v) is 10.1. The van der Waals surface area contributed by atoms with Crippen LogP contribution in [0.25, 0.3) is 0 Å². The first kappa shape index (κ1) is 13.4. The molecular weight excluding hydrogens is 218 g/mol. The van der Waals surface area contributed by atoms with Crippen molar-refractivity contribution in [1.29, 1.82) is 0 Å². The predicted octanol–water partition coefficient (Wildman–Crippen LogP) is 1.88. The summed E-state index contributed by atoms with van der Waals surface area (Å²) in [6, 6.07) is 3.67. The van der Waals surface area contributed by atoms with Gasteiger partial charge in [0, 0.05) is 18.4 Å². The first-order chi connectivity index (χ1) is 8.29. The molecule has 0 saturated carbocycles. The van der Waals surface area contributed by atoms with E-state index in [1.165, 1.54) is 12.8 Å². The second-order valence-corrected chi connectivity index (χ2v) is 3.76. The largest absolute Gasteiger partial charge is 0.409 e. The summed E-state index contributed by atoms with van der Waals surface area (Å²) in [6.07, 6.45) is 5.00. The van der Waals surface area contributed by atoms with Gasteiger partial charge < -0.3 is 15.7 Å². The van der Waals surface area contributed by atoms with Gasteiger partial charge in [-0.1, -0.05) is 31.0 Å². The summed E-state index contributed by atoms with van der Waals surface area (Å²) >= 11 is 0. The molecule has 94 valence electrons. The van der Waals surface area contributed by atoms with E-state index in [2.05, 4.69) is 17.1 Å². The Morgan fingerprint density at radius 1 is 1.53 bits per heavy atom. The van der Waals surface area contributed by atoms with E-state index in [0.29, 0.717) is 12.3 Å². The maximum Gasteiger partial charge on any atom is 0.189 e. The number of hydrogen-bond donors (Lipinski definition) is 2. The minimum atomic E-state index is 0.0118. The average Bonchev–Trinajstić information content (AvgIpc) is 2.38. The van der Waals surface area contributed by atoms with Crippen LogP contribution in [0.15, 0.2) is 23.5 Å². The number of oxime groups is 1. The van der Waals surface area contributed by atoms with Gasteiger partial charge in [-0.3, -0.25) is 4.98 Å². The van der Waals surface area contributed by atoms with Crippen molar-refractivity contribution in [2.45, 2.75) is 32.8 Å². The van der Waals surface area contributed by atoms with E-state index >= 15 is 0 Å². The van der Waals surface area contributed by atoms with E-state index in [4.69, 9.17) is 15.7 Å². The number of nitrogens with two attached hydrogens (primary N) is 1. The van der Waals surface area contributed by atoms with E-state index < -0.39 is 0 Å². The van der Waals surface area contributed by atoms with Crippen LogP contribution in [0.1, 0.15) is 37.4 Å². The van der Waals surface area contributed by atoms with Gasteiger partial charge in [0.2, 0.25) is 0 Å². The van der Waals surface area contributed by atoms with Crippen molar-refractivity contribution in [3.8, 4) is 0 Å². The second-order valence-electron chi connectivity index (χ2n) is 3.76. The Morgan fingerprint density at radius 2 is 2.35 bits per heavy atom. The maximum absolute atomic E-state index is 8.64. The molecule has 0 aliphatic heterocycles. The number of rotatable bonds is 7. The van der Waals surface area contributed by atoms with E-state index in [-0.39, 0.29) is 5.84 Å². The molecule has 0 unspecified atom stereocenters. The number of ether oxygens (including phenoxy) is 1. The molecule has 0 saturated heterocycles. The first-order valence-corrected chi connectivity index (χ1v) is 5.79. The van der Waals surface area contributed by atoms with Crippen molar-refractivity contribution in [1.82, 2.24) is 4.98 Å². The van der Waals surface area contributed by atoms with Crippen LogP contribution in [0.5, 0.6) is 0 Å². The van der Waals surface area contributed by atoms with Gasteiger partial charge in [-0.25, -0.2) is 0 Å². The molecule has 0 bridgehead atoms. The van der Waals surface area contributed by atoms with Crippen LogP contribution in [0.2, 0.25) is 0 Å². The summed E-state index contributed by atoms with van der Waals surface area (Å²) in [7, 11) is 0. The molecule has 5 nitrogen and oxygen atoms in total. The number of unbranched alkanes of at least 4 members (excludes halogenated alkanes) is 2. The molecule has 1 rings (SSSR count). The van der Waals surface area contributed by atoms with Crippen molar-refractivity contribution in [2.75, 3.05) is 6.61 Å². The van der Waals surface area contributed by atoms with Crippen LogP contribution in [0.3, 0.4) is 0 Å². The van der Waals surface area contributed by atoms with Crippen LogP contribution < -0.4 is 5.73 Å². The quantitative estimate of drug-likeness (QED) is 0.249. The Balaban J connectivity index is 2.53. The highest BCUT2D eigenvalue weighted by atomic mass is 16.5.